The third-order valence-corrected chi connectivity index (χ3v) is 4.02. The first-order valence-electron chi connectivity index (χ1n) is 8.25. The highest BCUT2D eigenvalue weighted by atomic mass is 16.2. The van der Waals surface area contributed by atoms with E-state index in [1.54, 1.807) is 4.57 Å². The fourth-order valence-corrected chi connectivity index (χ4v) is 2.85. The van der Waals surface area contributed by atoms with Crippen LogP contribution in [0.5, 0.6) is 0 Å². The Kier molecular flexibility index (Phi) is 6.37. The van der Waals surface area contributed by atoms with E-state index in [1.165, 1.54) is 12.0 Å². The molecular weight excluding hydrogens is 278 g/mol. The van der Waals surface area contributed by atoms with Crippen molar-refractivity contribution in [2.24, 2.45) is 0 Å². The number of rotatable bonds is 5. The number of amides is 3. The van der Waals surface area contributed by atoms with Crippen molar-refractivity contribution in [2.45, 2.75) is 64.5 Å². The van der Waals surface area contributed by atoms with Crippen molar-refractivity contribution in [3.05, 3.63) is 30.1 Å². The van der Waals surface area contributed by atoms with Crippen molar-refractivity contribution in [1.82, 2.24) is 10.6 Å². The lowest BCUT2D eigenvalue weighted by molar-refractivity contribution is -0.684. The Labute approximate surface area is 132 Å². The van der Waals surface area contributed by atoms with E-state index in [2.05, 4.69) is 17.6 Å². The molecular formula is C17H26N3O2+. The number of hydrogen-bond acceptors (Lipinski definition) is 2. The molecule has 1 saturated carbocycles. The molecule has 1 heterocycles. The Hall–Kier alpha value is -1.91. The Morgan fingerprint density at radius 1 is 1.18 bits per heavy atom. The van der Waals surface area contributed by atoms with E-state index < -0.39 is 0 Å². The van der Waals surface area contributed by atoms with E-state index in [0.717, 1.165) is 38.5 Å². The Morgan fingerprint density at radius 3 is 2.50 bits per heavy atom. The topological polar surface area (TPSA) is 62.1 Å². The maximum absolute atomic E-state index is 11.9. The van der Waals surface area contributed by atoms with Crippen LogP contribution in [0.4, 0.5) is 4.79 Å². The molecule has 5 nitrogen and oxygen atoms in total. The lowest BCUT2D eigenvalue weighted by Gasteiger charge is -2.22. The first-order chi connectivity index (χ1) is 10.7. The Morgan fingerprint density at radius 2 is 1.86 bits per heavy atom. The van der Waals surface area contributed by atoms with Gasteiger partial charge in [-0.3, -0.25) is 10.1 Å². The van der Waals surface area contributed by atoms with Gasteiger partial charge in [0.05, 0.1) is 0 Å². The predicted molar refractivity (Wildman–Crippen MR) is 84.2 cm³/mol. The molecule has 5 heteroatoms. The van der Waals surface area contributed by atoms with E-state index in [4.69, 9.17) is 0 Å². The summed E-state index contributed by atoms with van der Waals surface area (Å²) in [4.78, 5) is 23.7. The minimum Gasteiger partial charge on any atom is -0.335 e. The van der Waals surface area contributed by atoms with E-state index in [-0.39, 0.29) is 24.5 Å². The van der Waals surface area contributed by atoms with Crippen molar-refractivity contribution in [3.8, 4) is 0 Å². The third-order valence-electron chi connectivity index (χ3n) is 4.02. The molecule has 2 N–H and O–H groups in total. The van der Waals surface area contributed by atoms with Crippen LogP contribution in [0.1, 0.15) is 51.0 Å². The zero-order valence-electron chi connectivity index (χ0n) is 13.3. The van der Waals surface area contributed by atoms with Crippen LogP contribution in [0.15, 0.2) is 24.5 Å². The standard InChI is InChI=1S/C17H25N3O2/c1-2-6-14-9-11-20(12-10-14)13-16(21)19-17(22)18-15-7-4-3-5-8-15/h9-12,15H,2-8,13H2,1H3,(H-,18,19,21,22)/p+1. The molecule has 1 aromatic rings. The molecule has 0 aromatic carbocycles. The summed E-state index contributed by atoms with van der Waals surface area (Å²) < 4.78 is 1.78. The maximum Gasteiger partial charge on any atom is 0.321 e. The van der Waals surface area contributed by atoms with Crippen LogP contribution in [0, 0.1) is 0 Å². The van der Waals surface area contributed by atoms with Crippen molar-refractivity contribution in [2.75, 3.05) is 0 Å². The average Bonchev–Trinajstić information content (AvgIpc) is 2.50. The minimum absolute atomic E-state index is 0.157. The number of hydrogen-bond donors (Lipinski definition) is 2. The highest BCUT2D eigenvalue weighted by molar-refractivity contribution is 5.93. The van der Waals surface area contributed by atoms with Crippen molar-refractivity contribution < 1.29 is 14.2 Å². The summed E-state index contributed by atoms with van der Waals surface area (Å²) in [6.45, 7) is 2.30. The predicted octanol–water partition coefficient (Wildman–Crippen LogP) is 2.09. The van der Waals surface area contributed by atoms with Gasteiger partial charge >= 0.3 is 6.03 Å². The minimum atomic E-state index is -0.375. The van der Waals surface area contributed by atoms with Crippen molar-refractivity contribution in [1.29, 1.82) is 0 Å². The van der Waals surface area contributed by atoms with Gasteiger partial charge in [0.1, 0.15) is 0 Å². The number of nitrogens with one attached hydrogen (secondary N) is 2. The molecule has 1 fully saturated rings. The first kappa shape index (κ1) is 16.5. The molecule has 120 valence electrons. The molecule has 2 rings (SSSR count). The van der Waals surface area contributed by atoms with E-state index in [0.29, 0.717) is 0 Å². The van der Waals surface area contributed by atoms with Gasteiger partial charge in [0.2, 0.25) is 6.54 Å². The maximum atomic E-state index is 11.9. The van der Waals surface area contributed by atoms with Gasteiger partial charge in [-0.1, -0.05) is 32.6 Å². The molecule has 0 aliphatic heterocycles. The van der Waals surface area contributed by atoms with Crippen LogP contribution < -0.4 is 15.2 Å². The lowest BCUT2D eigenvalue weighted by atomic mass is 9.96. The van der Waals surface area contributed by atoms with Gasteiger partial charge in [-0.2, -0.15) is 4.57 Å². The van der Waals surface area contributed by atoms with Crippen LogP contribution in [-0.4, -0.2) is 18.0 Å². The van der Waals surface area contributed by atoms with Gasteiger partial charge < -0.3 is 5.32 Å². The second-order valence-electron chi connectivity index (χ2n) is 5.99. The molecule has 22 heavy (non-hydrogen) atoms. The molecule has 1 aromatic heterocycles. The van der Waals surface area contributed by atoms with Gasteiger partial charge in [0.25, 0.3) is 5.91 Å². The summed E-state index contributed by atoms with van der Waals surface area (Å²) >= 11 is 0. The number of carbonyl (C=O) groups is 2. The number of urea groups is 1. The molecule has 0 radical (unpaired) electrons. The van der Waals surface area contributed by atoms with Crippen LogP contribution in [0.3, 0.4) is 0 Å². The SMILES string of the molecule is CCCc1cc[n+](CC(=O)NC(=O)NC2CCCCC2)cc1. The third kappa shape index (κ3) is 5.47. The summed E-state index contributed by atoms with van der Waals surface area (Å²) in [5.74, 6) is -0.290. The van der Waals surface area contributed by atoms with Crippen LogP contribution in [0.25, 0.3) is 0 Å². The average molecular weight is 304 g/mol. The number of aromatic nitrogens is 1. The Balaban J connectivity index is 1.75. The van der Waals surface area contributed by atoms with Crippen LogP contribution in [0.2, 0.25) is 0 Å². The summed E-state index contributed by atoms with van der Waals surface area (Å²) in [6.07, 6.45) is 11.5. The zero-order valence-corrected chi connectivity index (χ0v) is 13.3. The number of carbonyl (C=O) groups excluding carboxylic acids is 2. The number of aryl methyl sites for hydroxylation is 1. The molecule has 1 aliphatic rings. The molecule has 3 amide bonds. The van der Waals surface area contributed by atoms with E-state index in [1.807, 2.05) is 24.5 Å². The second kappa shape index (κ2) is 8.51. The summed E-state index contributed by atoms with van der Waals surface area (Å²) in [5, 5.41) is 5.29. The summed E-state index contributed by atoms with van der Waals surface area (Å²) in [6, 6.07) is 3.86. The number of pyridine rings is 1. The summed E-state index contributed by atoms with van der Waals surface area (Å²) in [5.41, 5.74) is 1.26. The fourth-order valence-electron chi connectivity index (χ4n) is 2.85. The Bertz CT molecular complexity index is 493. The van der Waals surface area contributed by atoms with Gasteiger partial charge in [0.15, 0.2) is 12.4 Å². The highest BCUT2D eigenvalue weighted by Crippen LogP contribution is 2.17. The fraction of sp³-hybridized carbons (Fsp3) is 0.588. The van der Waals surface area contributed by atoms with Gasteiger partial charge in [-0.15, -0.1) is 0 Å². The molecule has 0 bridgehead atoms. The van der Waals surface area contributed by atoms with Crippen LogP contribution in [-0.2, 0) is 17.8 Å². The zero-order chi connectivity index (χ0) is 15.8. The molecule has 1 aliphatic carbocycles. The van der Waals surface area contributed by atoms with Gasteiger partial charge in [0, 0.05) is 18.2 Å². The highest BCUT2D eigenvalue weighted by Gasteiger charge is 2.18. The largest absolute Gasteiger partial charge is 0.335 e. The van der Waals surface area contributed by atoms with Gasteiger partial charge in [-0.25, -0.2) is 4.79 Å². The van der Waals surface area contributed by atoms with E-state index in [9.17, 15) is 9.59 Å². The first-order valence-corrected chi connectivity index (χ1v) is 8.25. The van der Waals surface area contributed by atoms with Crippen molar-refractivity contribution in [3.63, 3.8) is 0 Å². The van der Waals surface area contributed by atoms with E-state index >= 15 is 0 Å². The molecule has 0 saturated heterocycles. The van der Waals surface area contributed by atoms with Crippen LogP contribution >= 0.6 is 0 Å². The second-order valence-corrected chi connectivity index (χ2v) is 5.99. The normalized spacial score (nSPS) is 15.3. The molecule has 0 unspecified atom stereocenters. The molecule has 0 atom stereocenters. The number of nitrogens with zero attached hydrogens (tertiary/aromatic N) is 1. The lowest BCUT2D eigenvalue weighted by Crippen LogP contribution is -2.49. The summed E-state index contributed by atoms with van der Waals surface area (Å²) in [7, 11) is 0. The van der Waals surface area contributed by atoms with Gasteiger partial charge in [-0.05, 0) is 24.8 Å². The quantitative estimate of drug-likeness (QED) is 0.818. The van der Waals surface area contributed by atoms with Crippen molar-refractivity contribution >= 4 is 11.9 Å². The number of imide groups is 1. The smallest absolute Gasteiger partial charge is 0.321 e. The molecule has 0 spiro atoms. The monoisotopic (exact) mass is 304 g/mol.